The highest BCUT2D eigenvalue weighted by Crippen LogP contribution is 2.36. The van der Waals surface area contributed by atoms with Gasteiger partial charge in [0, 0.05) is 63.3 Å². The monoisotopic (exact) mass is 593 g/mol. The topological polar surface area (TPSA) is 51.7 Å². The highest BCUT2D eigenvalue weighted by molar-refractivity contribution is 5.86. The van der Waals surface area contributed by atoms with Crippen LogP contribution in [0.25, 0.3) is 10.9 Å². The Morgan fingerprint density at radius 2 is 1.48 bits per heavy atom. The number of nitrogens with zero attached hydrogens (tertiary/aromatic N) is 4. The lowest BCUT2D eigenvalue weighted by atomic mass is 10.0. The maximum Gasteiger partial charge on any atom is 0.416 e. The van der Waals surface area contributed by atoms with Crippen molar-refractivity contribution < 1.29 is 31.1 Å². The number of amides is 1. The summed E-state index contributed by atoms with van der Waals surface area (Å²) in [7, 11) is 0. The molecule has 1 N–H and O–H groups in total. The third kappa shape index (κ3) is 6.81. The lowest BCUT2D eigenvalue weighted by Gasteiger charge is -2.37. The Labute approximate surface area is 240 Å². The van der Waals surface area contributed by atoms with Crippen LogP contribution in [0.15, 0.2) is 42.5 Å². The smallest absolute Gasteiger partial charge is 0.354 e. The lowest BCUT2D eigenvalue weighted by Crippen LogP contribution is -2.50. The number of benzene rings is 2. The zero-order valence-corrected chi connectivity index (χ0v) is 23.3. The van der Waals surface area contributed by atoms with Crippen LogP contribution in [0.1, 0.15) is 40.7 Å². The van der Waals surface area contributed by atoms with Gasteiger partial charge in [0.2, 0.25) is 5.91 Å². The van der Waals surface area contributed by atoms with Crippen LogP contribution in [0.3, 0.4) is 0 Å². The van der Waals surface area contributed by atoms with Gasteiger partial charge in [-0.15, -0.1) is 0 Å². The summed E-state index contributed by atoms with van der Waals surface area (Å²) in [4.78, 5) is 23.7. The number of hydrogen-bond acceptors (Lipinski definition) is 5. The van der Waals surface area contributed by atoms with E-state index in [0.717, 1.165) is 65.9 Å². The molecule has 2 aliphatic heterocycles. The number of alkyl halides is 6. The van der Waals surface area contributed by atoms with Crippen LogP contribution in [-0.2, 0) is 30.2 Å². The van der Waals surface area contributed by atoms with Crippen LogP contribution in [0.5, 0.6) is 0 Å². The fourth-order valence-electron chi connectivity index (χ4n) is 5.70. The van der Waals surface area contributed by atoms with Gasteiger partial charge in [-0.3, -0.25) is 9.69 Å². The van der Waals surface area contributed by atoms with E-state index < -0.39 is 23.5 Å². The normalized spacial score (nSPS) is 16.9. The second-order valence-electron chi connectivity index (χ2n) is 10.9. The van der Waals surface area contributed by atoms with Gasteiger partial charge in [0.25, 0.3) is 0 Å². The summed E-state index contributed by atoms with van der Waals surface area (Å²) in [5, 5.41) is 3.99. The summed E-state index contributed by atoms with van der Waals surface area (Å²) in [5.41, 5.74) is -0.207. The van der Waals surface area contributed by atoms with Crippen LogP contribution in [0, 0.1) is 6.92 Å². The minimum Gasteiger partial charge on any atom is -0.354 e. The fourth-order valence-corrected chi connectivity index (χ4v) is 5.70. The summed E-state index contributed by atoms with van der Waals surface area (Å²) in [6, 6.07) is 9.27. The second kappa shape index (κ2) is 12.1. The summed E-state index contributed by atoms with van der Waals surface area (Å²) >= 11 is 0. The molecular formula is C30H33F6N5O. The van der Waals surface area contributed by atoms with Crippen molar-refractivity contribution in [2.45, 2.75) is 45.2 Å². The number of nitrogens with one attached hydrogen (secondary N) is 1. The molecule has 1 amide bonds. The van der Waals surface area contributed by atoms with E-state index in [2.05, 4.69) is 15.1 Å². The van der Waals surface area contributed by atoms with Gasteiger partial charge in [-0.25, -0.2) is 4.98 Å². The van der Waals surface area contributed by atoms with E-state index in [9.17, 15) is 31.1 Å². The van der Waals surface area contributed by atoms with Gasteiger partial charge in [0.1, 0.15) is 5.82 Å². The Morgan fingerprint density at radius 3 is 2.10 bits per heavy atom. The molecule has 2 fully saturated rings. The van der Waals surface area contributed by atoms with Gasteiger partial charge in [0.05, 0.1) is 23.2 Å². The number of halogens is 6. The van der Waals surface area contributed by atoms with Crippen LogP contribution in [-0.4, -0.2) is 66.5 Å². The maximum atomic E-state index is 13.3. The number of likely N-dealkylation sites (tertiary alicyclic amines) is 1. The number of rotatable bonds is 7. The number of para-hydroxylation sites is 1. The number of fused-ring (bicyclic) bond motifs is 1. The van der Waals surface area contributed by atoms with Crippen LogP contribution < -0.4 is 10.2 Å². The Balaban J connectivity index is 1.34. The molecule has 0 saturated carbocycles. The molecule has 2 saturated heterocycles. The van der Waals surface area contributed by atoms with E-state index in [1.54, 1.807) is 0 Å². The molecule has 0 atom stereocenters. The van der Waals surface area contributed by atoms with E-state index in [4.69, 9.17) is 4.98 Å². The van der Waals surface area contributed by atoms with E-state index >= 15 is 0 Å². The van der Waals surface area contributed by atoms with Crippen LogP contribution in [0.2, 0.25) is 0 Å². The summed E-state index contributed by atoms with van der Waals surface area (Å²) < 4.78 is 80.0. The Hall–Kier alpha value is -3.38. The Bertz CT molecular complexity index is 1390. The predicted octanol–water partition coefficient (Wildman–Crippen LogP) is 5.62. The molecule has 3 aromatic rings. The Kier molecular flexibility index (Phi) is 8.66. The highest BCUT2D eigenvalue weighted by atomic mass is 19.4. The van der Waals surface area contributed by atoms with Gasteiger partial charge in [-0.2, -0.15) is 26.3 Å². The zero-order chi connectivity index (χ0) is 30.1. The molecule has 2 aromatic carbocycles. The molecule has 5 rings (SSSR count). The van der Waals surface area contributed by atoms with Crippen molar-refractivity contribution >= 4 is 22.6 Å². The van der Waals surface area contributed by atoms with Crippen molar-refractivity contribution in [2.24, 2.45) is 0 Å². The molecule has 226 valence electrons. The minimum absolute atomic E-state index is 0.110. The molecule has 0 spiro atoms. The lowest BCUT2D eigenvalue weighted by molar-refractivity contribution is -0.143. The number of carbonyl (C=O) groups excluding carboxylic acids is 1. The molecular weight excluding hydrogens is 560 g/mol. The van der Waals surface area contributed by atoms with E-state index in [1.165, 1.54) is 0 Å². The molecule has 0 unspecified atom stereocenters. The van der Waals surface area contributed by atoms with Crippen molar-refractivity contribution in [1.29, 1.82) is 0 Å². The van der Waals surface area contributed by atoms with Gasteiger partial charge < -0.3 is 15.1 Å². The summed E-state index contributed by atoms with van der Waals surface area (Å²) in [5.74, 6) is 0.873. The molecule has 3 heterocycles. The first-order chi connectivity index (χ1) is 19.9. The quantitative estimate of drug-likeness (QED) is 0.361. The number of piperazine rings is 1. The van der Waals surface area contributed by atoms with Crippen molar-refractivity contribution in [2.75, 3.05) is 50.7 Å². The van der Waals surface area contributed by atoms with Crippen LogP contribution in [0.4, 0.5) is 32.2 Å². The molecule has 1 aromatic heterocycles. The number of pyridine rings is 1. The van der Waals surface area contributed by atoms with E-state index in [1.807, 2.05) is 36.1 Å². The molecule has 6 nitrogen and oxygen atoms in total. The first-order valence-corrected chi connectivity index (χ1v) is 14.0. The van der Waals surface area contributed by atoms with Gasteiger partial charge >= 0.3 is 12.4 Å². The zero-order valence-electron chi connectivity index (χ0n) is 23.3. The summed E-state index contributed by atoms with van der Waals surface area (Å²) in [6.07, 6.45) is -7.71. The molecule has 0 aliphatic carbocycles. The van der Waals surface area contributed by atoms with Crippen molar-refractivity contribution in [3.63, 3.8) is 0 Å². The molecule has 12 heteroatoms. The number of aryl methyl sites for hydroxylation is 1. The van der Waals surface area contributed by atoms with Crippen molar-refractivity contribution in [1.82, 2.24) is 20.1 Å². The summed E-state index contributed by atoms with van der Waals surface area (Å²) in [6.45, 7) is 6.57. The fraction of sp³-hybridized carbons (Fsp3) is 0.467. The first-order valence-electron chi connectivity index (χ1n) is 14.0. The third-order valence-corrected chi connectivity index (χ3v) is 8.02. The average molecular weight is 594 g/mol. The van der Waals surface area contributed by atoms with Crippen LogP contribution >= 0.6 is 0 Å². The molecule has 42 heavy (non-hydrogen) atoms. The predicted molar refractivity (Wildman–Crippen MR) is 148 cm³/mol. The Morgan fingerprint density at radius 1 is 0.857 bits per heavy atom. The van der Waals surface area contributed by atoms with Gasteiger partial charge in [-0.1, -0.05) is 18.2 Å². The van der Waals surface area contributed by atoms with Gasteiger partial charge in [0.15, 0.2) is 0 Å². The number of carbonyl (C=O) groups is 1. The van der Waals surface area contributed by atoms with Gasteiger partial charge in [-0.05, 0) is 55.2 Å². The maximum absolute atomic E-state index is 13.3. The van der Waals surface area contributed by atoms with E-state index in [0.29, 0.717) is 32.7 Å². The van der Waals surface area contributed by atoms with E-state index in [-0.39, 0.29) is 30.6 Å². The molecule has 0 radical (unpaired) electrons. The number of aromatic nitrogens is 1. The largest absolute Gasteiger partial charge is 0.416 e. The highest BCUT2D eigenvalue weighted by Gasteiger charge is 2.37. The van der Waals surface area contributed by atoms with Crippen molar-refractivity contribution in [3.8, 4) is 0 Å². The second-order valence-corrected chi connectivity index (χ2v) is 10.9. The SMILES string of the molecule is Cc1c(CNCc2cc(C(F)(F)F)cc(C(F)(F)F)c2)c(N2CCN(CC(=O)N3CCCC3)CC2)nc2ccccc12. The third-order valence-electron chi connectivity index (χ3n) is 8.02. The number of anilines is 1. The number of hydrogen-bond donors (Lipinski definition) is 1. The first kappa shape index (κ1) is 30.1. The standard InChI is InChI=1S/C30H33F6N5O/c1-20-24-6-2-3-7-26(24)38-28(41-12-10-39(11-13-41)19-27(42)40-8-4-5-9-40)25(20)18-37-17-21-14-22(29(31,32)33)16-23(15-21)30(34,35)36/h2-3,6-7,14-16,37H,4-5,8-13,17-19H2,1H3. The molecule has 0 bridgehead atoms. The van der Waals surface area contributed by atoms with Crippen molar-refractivity contribution in [3.05, 3.63) is 70.3 Å². The molecule has 2 aliphatic rings. The minimum atomic E-state index is -4.90. The average Bonchev–Trinajstić information content (AvgIpc) is 3.49.